The minimum absolute atomic E-state index is 0.0392. The van der Waals surface area contributed by atoms with E-state index in [4.69, 9.17) is 0 Å². The summed E-state index contributed by atoms with van der Waals surface area (Å²) < 4.78 is 29.0. The molecule has 0 saturated heterocycles. The number of carbonyl (C=O) groups excluding carboxylic acids is 2. The summed E-state index contributed by atoms with van der Waals surface area (Å²) in [6.45, 7) is 3.92. The topological polar surface area (TPSA) is 104 Å². The lowest BCUT2D eigenvalue weighted by Crippen LogP contribution is -2.37. The van der Waals surface area contributed by atoms with Gasteiger partial charge in [0.15, 0.2) is 0 Å². The minimum Gasteiger partial charge on any atom is -0.326 e. The molecule has 0 aromatic heterocycles. The van der Waals surface area contributed by atoms with Crippen molar-refractivity contribution in [3.8, 4) is 0 Å². The molecule has 0 bridgehead atoms. The monoisotopic (exact) mass is 463 g/mol. The molecule has 8 heteroatoms. The fourth-order valence-electron chi connectivity index (χ4n) is 3.70. The van der Waals surface area contributed by atoms with Crippen molar-refractivity contribution in [1.29, 1.82) is 0 Å². The average Bonchev–Trinajstić information content (AvgIpc) is 2.80. The van der Waals surface area contributed by atoms with E-state index < -0.39 is 22.0 Å². The van der Waals surface area contributed by atoms with Crippen LogP contribution in [0, 0.1) is 13.8 Å². The number of hydrogen-bond acceptors (Lipinski definition) is 4. The van der Waals surface area contributed by atoms with Crippen molar-refractivity contribution in [2.75, 3.05) is 10.6 Å². The number of rotatable bonds is 6. The lowest BCUT2D eigenvalue weighted by Gasteiger charge is -2.21. The molecule has 3 aromatic carbocycles. The van der Waals surface area contributed by atoms with Gasteiger partial charge in [0.2, 0.25) is 21.8 Å². The lowest BCUT2D eigenvalue weighted by molar-refractivity contribution is -0.118. The number of fused-ring (bicyclic) bond motifs is 1. The Labute approximate surface area is 193 Å². The molecule has 3 N–H and O–H groups in total. The number of carbonyl (C=O) groups is 2. The third kappa shape index (κ3) is 5.13. The highest BCUT2D eigenvalue weighted by Crippen LogP contribution is 2.27. The first kappa shape index (κ1) is 22.7. The Morgan fingerprint density at radius 2 is 1.70 bits per heavy atom. The van der Waals surface area contributed by atoms with Crippen molar-refractivity contribution in [3.05, 3.63) is 89.0 Å². The Hall–Kier alpha value is -3.49. The van der Waals surface area contributed by atoms with Crippen molar-refractivity contribution in [2.24, 2.45) is 0 Å². The van der Waals surface area contributed by atoms with Crippen LogP contribution in [0.3, 0.4) is 0 Å². The SMILES string of the molecule is Cc1ccc(NC(=O)C(NS(=O)(=O)c2ccc3c(c2)CCC(=O)N3)c2ccccc2)cc1C. The molecule has 0 spiro atoms. The van der Waals surface area contributed by atoms with Crippen molar-refractivity contribution >= 4 is 33.2 Å². The predicted molar refractivity (Wildman–Crippen MR) is 127 cm³/mol. The summed E-state index contributed by atoms with van der Waals surface area (Å²) in [5, 5.41) is 5.56. The average molecular weight is 464 g/mol. The van der Waals surface area contributed by atoms with Crippen LogP contribution in [0.25, 0.3) is 0 Å². The van der Waals surface area contributed by atoms with Gasteiger partial charge in [-0.3, -0.25) is 9.59 Å². The van der Waals surface area contributed by atoms with Gasteiger partial charge in [0.1, 0.15) is 6.04 Å². The van der Waals surface area contributed by atoms with E-state index >= 15 is 0 Å². The largest absolute Gasteiger partial charge is 0.326 e. The fraction of sp³-hybridized carbons (Fsp3) is 0.200. The Balaban J connectivity index is 1.63. The van der Waals surface area contributed by atoms with Crippen molar-refractivity contribution < 1.29 is 18.0 Å². The summed E-state index contributed by atoms with van der Waals surface area (Å²) in [6.07, 6.45) is 0.759. The van der Waals surface area contributed by atoms with Gasteiger partial charge in [0.05, 0.1) is 4.90 Å². The Kier molecular flexibility index (Phi) is 6.31. The van der Waals surface area contributed by atoms with Crippen LogP contribution < -0.4 is 15.4 Å². The smallest absolute Gasteiger partial charge is 0.247 e. The van der Waals surface area contributed by atoms with E-state index in [1.54, 1.807) is 48.5 Å². The van der Waals surface area contributed by atoms with Gasteiger partial charge in [-0.2, -0.15) is 4.72 Å². The van der Waals surface area contributed by atoms with E-state index in [0.717, 1.165) is 16.7 Å². The van der Waals surface area contributed by atoms with E-state index in [-0.39, 0.29) is 10.8 Å². The first-order valence-corrected chi connectivity index (χ1v) is 12.1. The quantitative estimate of drug-likeness (QED) is 0.516. The van der Waals surface area contributed by atoms with Crippen LogP contribution in [-0.2, 0) is 26.0 Å². The molecular weight excluding hydrogens is 438 g/mol. The molecule has 1 aliphatic rings. The zero-order valence-corrected chi connectivity index (χ0v) is 19.2. The van der Waals surface area contributed by atoms with Gasteiger partial charge in [0.25, 0.3) is 0 Å². The van der Waals surface area contributed by atoms with Crippen molar-refractivity contribution in [3.63, 3.8) is 0 Å². The molecule has 2 amide bonds. The highest BCUT2D eigenvalue weighted by atomic mass is 32.2. The molecular formula is C25H25N3O4S. The first-order chi connectivity index (χ1) is 15.7. The van der Waals surface area contributed by atoms with Gasteiger partial charge < -0.3 is 10.6 Å². The summed E-state index contributed by atoms with van der Waals surface area (Å²) in [5.41, 5.74) is 4.58. The maximum absolute atomic E-state index is 13.2. The second-order valence-electron chi connectivity index (χ2n) is 8.12. The maximum Gasteiger partial charge on any atom is 0.247 e. The molecule has 3 aromatic rings. The van der Waals surface area contributed by atoms with Gasteiger partial charge in [-0.1, -0.05) is 36.4 Å². The molecule has 170 valence electrons. The summed E-state index contributed by atoms with van der Waals surface area (Å²) in [6, 6.07) is 17.7. The van der Waals surface area contributed by atoms with Gasteiger partial charge in [-0.05, 0) is 72.9 Å². The third-order valence-corrected chi connectivity index (χ3v) is 7.15. The molecule has 1 aliphatic heterocycles. The number of hydrogen-bond donors (Lipinski definition) is 3. The zero-order valence-electron chi connectivity index (χ0n) is 18.4. The molecule has 0 fully saturated rings. The standard InChI is InChI=1S/C25H25N3O4S/c1-16-8-10-20(14-17(16)2)26-25(30)24(18-6-4-3-5-7-18)28-33(31,32)21-11-12-22-19(15-21)9-13-23(29)27-22/h3-8,10-12,14-15,24,28H,9,13H2,1-2H3,(H,26,30)(H,27,29). The molecule has 1 heterocycles. The van der Waals surface area contributed by atoms with Crippen LogP contribution in [0.4, 0.5) is 11.4 Å². The van der Waals surface area contributed by atoms with Crippen LogP contribution in [0.1, 0.15) is 34.7 Å². The highest BCUT2D eigenvalue weighted by molar-refractivity contribution is 7.89. The minimum atomic E-state index is -4.03. The van der Waals surface area contributed by atoms with Crippen LogP contribution in [0.5, 0.6) is 0 Å². The van der Waals surface area contributed by atoms with Crippen LogP contribution in [-0.4, -0.2) is 20.2 Å². The van der Waals surface area contributed by atoms with E-state index in [0.29, 0.717) is 29.8 Å². The number of anilines is 2. The zero-order chi connectivity index (χ0) is 23.6. The molecule has 7 nitrogen and oxygen atoms in total. The van der Waals surface area contributed by atoms with Gasteiger partial charge >= 0.3 is 0 Å². The highest BCUT2D eigenvalue weighted by Gasteiger charge is 2.28. The molecule has 1 atom stereocenters. The fourth-order valence-corrected chi connectivity index (χ4v) is 4.94. The second-order valence-corrected chi connectivity index (χ2v) is 9.83. The molecule has 0 saturated carbocycles. The molecule has 0 radical (unpaired) electrons. The number of nitrogens with one attached hydrogen (secondary N) is 3. The number of aryl methyl sites for hydroxylation is 3. The number of sulfonamides is 1. The normalized spacial score (nSPS) is 14.2. The Morgan fingerprint density at radius 1 is 0.939 bits per heavy atom. The molecule has 0 aliphatic carbocycles. The number of benzene rings is 3. The van der Waals surface area contributed by atoms with Crippen LogP contribution in [0.2, 0.25) is 0 Å². The second kappa shape index (κ2) is 9.17. The lowest BCUT2D eigenvalue weighted by atomic mass is 10.0. The first-order valence-electron chi connectivity index (χ1n) is 10.6. The Morgan fingerprint density at radius 3 is 2.42 bits per heavy atom. The molecule has 1 unspecified atom stereocenters. The van der Waals surface area contributed by atoms with E-state index in [2.05, 4.69) is 15.4 Å². The van der Waals surface area contributed by atoms with E-state index in [1.165, 1.54) is 6.07 Å². The van der Waals surface area contributed by atoms with Gasteiger partial charge in [-0.15, -0.1) is 0 Å². The summed E-state index contributed by atoms with van der Waals surface area (Å²) >= 11 is 0. The number of amides is 2. The predicted octanol–water partition coefficient (Wildman–Crippen LogP) is 3.85. The van der Waals surface area contributed by atoms with Crippen LogP contribution in [0.15, 0.2) is 71.6 Å². The summed E-state index contributed by atoms with van der Waals surface area (Å²) in [5.74, 6) is -0.582. The van der Waals surface area contributed by atoms with E-state index in [1.807, 2.05) is 26.0 Å². The Bertz CT molecular complexity index is 1320. The van der Waals surface area contributed by atoms with Crippen LogP contribution >= 0.6 is 0 Å². The summed E-state index contributed by atoms with van der Waals surface area (Å²) in [7, 11) is -4.03. The van der Waals surface area contributed by atoms with Gasteiger partial charge in [0, 0.05) is 17.8 Å². The molecule has 33 heavy (non-hydrogen) atoms. The van der Waals surface area contributed by atoms with Crippen molar-refractivity contribution in [1.82, 2.24) is 4.72 Å². The molecule has 4 rings (SSSR count). The maximum atomic E-state index is 13.2. The van der Waals surface area contributed by atoms with E-state index in [9.17, 15) is 18.0 Å². The third-order valence-electron chi connectivity index (χ3n) is 5.73. The summed E-state index contributed by atoms with van der Waals surface area (Å²) in [4.78, 5) is 24.8. The van der Waals surface area contributed by atoms with Crippen molar-refractivity contribution in [2.45, 2.75) is 37.6 Å². The van der Waals surface area contributed by atoms with Gasteiger partial charge in [-0.25, -0.2) is 8.42 Å².